The first-order chi connectivity index (χ1) is 26.7. The van der Waals surface area contributed by atoms with Crippen molar-refractivity contribution in [3.63, 3.8) is 0 Å². The van der Waals surface area contributed by atoms with Crippen molar-refractivity contribution in [3.05, 3.63) is 24.3 Å². The summed E-state index contributed by atoms with van der Waals surface area (Å²) in [6.07, 6.45) is 1.03. The zero-order valence-electron chi connectivity index (χ0n) is 31.2. The highest BCUT2D eigenvalue weighted by Gasteiger charge is 2.26. The number of carbonyl (C=O) groups excluding carboxylic acids is 11. The second-order valence-corrected chi connectivity index (χ2v) is 12.1. The Morgan fingerprint density at radius 3 is 1.32 bits per heavy atom. The number of alkyl carbamates (subject to hydrolysis) is 2. The van der Waals surface area contributed by atoms with Crippen LogP contribution in [0.2, 0.25) is 0 Å². The van der Waals surface area contributed by atoms with E-state index in [-0.39, 0.29) is 97.6 Å². The third-order valence-corrected chi connectivity index (χ3v) is 7.91. The highest BCUT2D eigenvalue weighted by molar-refractivity contribution is 6.13. The van der Waals surface area contributed by atoms with Gasteiger partial charge in [0, 0.05) is 122 Å². The second-order valence-electron chi connectivity index (χ2n) is 12.1. The summed E-state index contributed by atoms with van der Waals surface area (Å²) in [4.78, 5) is 134. The minimum atomic E-state index is -1.07. The van der Waals surface area contributed by atoms with E-state index in [9.17, 15) is 52.7 Å². The number of hydrogen-bond donors (Lipinski definition) is 6. The van der Waals surface area contributed by atoms with Gasteiger partial charge in [0.1, 0.15) is 25.1 Å². The maximum absolute atomic E-state index is 13.3. The fraction of sp³-hybridized carbons (Fsp3) is 0.559. The lowest BCUT2D eigenvalue weighted by atomic mass is 9.92. The number of carbonyl (C=O) groups is 11. The molecule has 2 rings (SSSR count). The normalized spacial score (nSPS) is 13.3. The molecule has 0 aromatic carbocycles. The fourth-order valence-corrected chi connectivity index (χ4v) is 4.93. The maximum atomic E-state index is 13.3. The lowest BCUT2D eigenvalue weighted by molar-refractivity contribution is -0.139. The van der Waals surface area contributed by atoms with Gasteiger partial charge in [-0.05, 0) is 6.42 Å². The monoisotopic (exact) mass is 792 g/mol. The van der Waals surface area contributed by atoms with Crippen molar-refractivity contribution in [1.29, 1.82) is 0 Å². The summed E-state index contributed by atoms with van der Waals surface area (Å²) in [5, 5.41) is 14.8. The van der Waals surface area contributed by atoms with Crippen molar-refractivity contribution < 1.29 is 67.0 Å². The van der Waals surface area contributed by atoms with Gasteiger partial charge < -0.3 is 46.1 Å². The zero-order valence-corrected chi connectivity index (χ0v) is 31.2. The average Bonchev–Trinajstić information content (AvgIpc) is 3.68. The molecule has 2 aliphatic heterocycles. The smallest absolute Gasteiger partial charge is 0.406 e. The van der Waals surface area contributed by atoms with Crippen molar-refractivity contribution in [2.24, 2.45) is 5.92 Å². The molecule has 0 atom stereocenters. The highest BCUT2D eigenvalue weighted by Crippen LogP contribution is 2.15. The molecule has 6 N–H and O–H groups in total. The van der Waals surface area contributed by atoms with Crippen LogP contribution >= 0.6 is 0 Å². The molecule has 2 aliphatic rings. The number of ether oxygens (including phenoxy) is 3. The van der Waals surface area contributed by atoms with Crippen LogP contribution in [0.25, 0.3) is 0 Å². The molecule has 2 heterocycles. The Bertz CT molecular complexity index is 1410. The van der Waals surface area contributed by atoms with Crippen molar-refractivity contribution in [3.8, 4) is 0 Å². The SMILES string of the molecule is CNC(=O)OCC(COC(=O)NC)OCCCC(=O)C(CC(=O)NCCNC(=O)CCN1C(=O)C=CC1=O)CC(=O)NCCNC(=O)CCN1C(=O)C=CC1=O. The standard InChI is InChI=1S/C34H48N8O14/c1-35-33(52)55-20-23(21-56-34(53)36-2)54-17-3-4-24(43)22(18-27(46)39-13-11-37-25(44)9-15-41-29(48)5-6-30(41)49)19-28(47)40-14-12-38-26(45)10-16-42-31(50)7-8-32(42)51/h5-8,22-23H,3-4,9-21H2,1-2H3,(H,35,52)(H,36,53)(H,37,44)(H,38,45)(H,39,46)(H,40,47). The van der Waals surface area contributed by atoms with E-state index in [1.807, 2.05) is 0 Å². The molecule has 308 valence electrons. The van der Waals surface area contributed by atoms with E-state index in [0.29, 0.717) is 0 Å². The van der Waals surface area contributed by atoms with Gasteiger partial charge in [-0.1, -0.05) is 0 Å². The molecular formula is C34H48N8O14. The summed E-state index contributed by atoms with van der Waals surface area (Å²) in [6, 6.07) is 0. The van der Waals surface area contributed by atoms with Crippen LogP contribution in [0.15, 0.2) is 24.3 Å². The first kappa shape index (κ1) is 46.0. The van der Waals surface area contributed by atoms with Crippen LogP contribution in [-0.4, -0.2) is 154 Å². The van der Waals surface area contributed by atoms with Gasteiger partial charge >= 0.3 is 12.2 Å². The van der Waals surface area contributed by atoms with Crippen LogP contribution in [0.5, 0.6) is 0 Å². The molecule has 56 heavy (non-hydrogen) atoms. The molecule has 0 spiro atoms. The van der Waals surface area contributed by atoms with E-state index in [0.717, 1.165) is 34.1 Å². The van der Waals surface area contributed by atoms with Gasteiger partial charge in [-0.2, -0.15) is 0 Å². The number of nitrogens with zero attached hydrogens (tertiary/aromatic N) is 2. The van der Waals surface area contributed by atoms with Crippen LogP contribution in [0.3, 0.4) is 0 Å². The summed E-state index contributed by atoms with van der Waals surface area (Å²) in [7, 11) is 2.71. The number of hydrogen-bond acceptors (Lipinski definition) is 14. The van der Waals surface area contributed by atoms with E-state index < -0.39 is 77.2 Å². The number of imide groups is 2. The Morgan fingerprint density at radius 1 is 0.571 bits per heavy atom. The Hall–Kier alpha value is -6.19. The highest BCUT2D eigenvalue weighted by atomic mass is 16.6. The van der Waals surface area contributed by atoms with E-state index in [1.54, 1.807) is 0 Å². The zero-order chi connectivity index (χ0) is 41.5. The van der Waals surface area contributed by atoms with Gasteiger partial charge in [0.2, 0.25) is 23.6 Å². The minimum absolute atomic E-state index is 0.00281. The molecule has 0 unspecified atom stereocenters. The van der Waals surface area contributed by atoms with E-state index in [4.69, 9.17) is 14.2 Å². The Morgan fingerprint density at radius 2 is 0.946 bits per heavy atom. The quantitative estimate of drug-likeness (QED) is 0.0374. The molecule has 0 aliphatic carbocycles. The third-order valence-electron chi connectivity index (χ3n) is 7.91. The van der Waals surface area contributed by atoms with E-state index >= 15 is 0 Å². The minimum Gasteiger partial charge on any atom is -0.447 e. The summed E-state index contributed by atoms with van der Waals surface area (Å²) >= 11 is 0. The molecule has 10 amide bonds. The van der Waals surface area contributed by atoms with Gasteiger partial charge in [-0.15, -0.1) is 0 Å². The van der Waals surface area contributed by atoms with Crippen LogP contribution in [0.4, 0.5) is 9.59 Å². The molecule has 0 fully saturated rings. The van der Waals surface area contributed by atoms with Gasteiger partial charge in [0.25, 0.3) is 23.6 Å². The lowest BCUT2D eigenvalue weighted by Crippen LogP contribution is -2.39. The first-order valence-electron chi connectivity index (χ1n) is 17.7. The summed E-state index contributed by atoms with van der Waals surface area (Å²) in [5.74, 6) is -5.69. The Kier molecular flexibility index (Phi) is 20.5. The van der Waals surface area contributed by atoms with Crippen LogP contribution in [-0.2, 0) is 57.4 Å². The number of ketones is 1. The van der Waals surface area contributed by atoms with Crippen molar-refractivity contribution in [2.45, 2.75) is 44.6 Å². The maximum Gasteiger partial charge on any atom is 0.406 e. The van der Waals surface area contributed by atoms with Gasteiger partial charge in [0.15, 0.2) is 0 Å². The molecule has 22 heteroatoms. The predicted molar refractivity (Wildman–Crippen MR) is 191 cm³/mol. The van der Waals surface area contributed by atoms with Gasteiger partial charge in [-0.3, -0.25) is 53.0 Å². The van der Waals surface area contributed by atoms with Crippen LogP contribution in [0.1, 0.15) is 38.5 Å². The molecule has 22 nitrogen and oxygen atoms in total. The number of nitrogens with one attached hydrogen (secondary N) is 6. The number of rotatable bonds is 26. The first-order valence-corrected chi connectivity index (χ1v) is 17.7. The second kappa shape index (κ2) is 25.0. The average molecular weight is 793 g/mol. The van der Waals surface area contributed by atoms with Crippen LogP contribution < -0.4 is 31.9 Å². The molecule has 0 aromatic rings. The molecule has 0 saturated heterocycles. The fourth-order valence-electron chi connectivity index (χ4n) is 4.93. The summed E-state index contributed by atoms with van der Waals surface area (Å²) in [6.45, 7) is -0.833. The van der Waals surface area contributed by atoms with Crippen molar-refractivity contribution in [2.75, 3.05) is 73.2 Å². The molecule has 0 bridgehead atoms. The lowest BCUT2D eigenvalue weighted by Gasteiger charge is -2.19. The van der Waals surface area contributed by atoms with Gasteiger partial charge in [-0.25, -0.2) is 9.59 Å². The van der Waals surface area contributed by atoms with Crippen LogP contribution in [0, 0.1) is 5.92 Å². The van der Waals surface area contributed by atoms with Crippen molar-refractivity contribution in [1.82, 2.24) is 41.7 Å². The largest absolute Gasteiger partial charge is 0.447 e. The van der Waals surface area contributed by atoms with E-state index in [1.165, 1.54) is 14.1 Å². The van der Waals surface area contributed by atoms with Gasteiger partial charge in [0.05, 0.1) is 0 Å². The topological polar surface area (TPSA) is 294 Å². The Balaban J connectivity index is 1.86. The summed E-state index contributed by atoms with van der Waals surface area (Å²) in [5.41, 5.74) is 0. The third kappa shape index (κ3) is 17.8. The van der Waals surface area contributed by atoms with E-state index in [2.05, 4.69) is 31.9 Å². The molecular weight excluding hydrogens is 744 g/mol. The molecule has 0 aromatic heterocycles. The summed E-state index contributed by atoms with van der Waals surface area (Å²) < 4.78 is 15.6. The number of Topliss-reactive ketones (excluding diaryl/α,β-unsaturated/α-hetero) is 1. The number of amides is 10. The molecule has 0 saturated carbocycles. The van der Waals surface area contributed by atoms with Crippen molar-refractivity contribution >= 4 is 65.2 Å². The predicted octanol–water partition coefficient (Wildman–Crippen LogP) is -3.08. The Labute approximate surface area is 321 Å². The molecule has 0 radical (unpaired) electrons.